The van der Waals surface area contributed by atoms with Crippen molar-refractivity contribution < 1.29 is 18.0 Å². The number of halogens is 3. The Balaban J connectivity index is 1.16. The molecule has 0 unspecified atom stereocenters. The molecule has 4 N–H and O–H groups in total. The summed E-state index contributed by atoms with van der Waals surface area (Å²) >= 11 is 0. The lowest BCUT2D eigenvalue weighted by atomic mass is 10.1. The van der Waals surface area contributed by atoms with Crippen molar-refractivity contribution in [3.63, 3.8) is 0 Å². The van der Waals surface area contributed by atoms with E-state index in [0.29, 0.717) is 34.4 Å². The number of fused-ring (bicyclic) bond motifs is 1. The van der Waals surface area contributed by atoms with Crippen molar-refractivity contribution in [1.82, 2.24) is 34.6 Å². The number of nitrogens with zero attached hydrogens (tertiary/aromatic N) is 5. The smallest absolute Gasteiger partial charge is 0.383 e. The van der Waals surface area contributed by atoms with Crippen molar-refractivity contribution in [3.05, 3.63) is 143 Å². The standard InChI is InChI=1S/C35H25F3N8O2/c36-35(37,38)29-19-30(47)46(44-29)25-9-4-8-23(18-25)34(48)41-20-21-11-13-24(14-12-21)45-32(26-10-5-17-40-31(26)39)43-28-16-15-27(42-33(28)45)22-6-2-1-3-7-22/h1-19,44H,20H2,(H2,39,40)(H,41,48). The Morgan fingerprint density at radius 3 is 2.38 bits per heavy atom. The summed E-state index contributed by atoms with van der Waals surface area (Å²) < 4.78 is 41.9. The number of nitrogens with two attached hydrogens (primary N) is 1. The molecule has 0 bridgehead atoms. The van der Waals surface area contributed by atoms with Gasteiger partial charge >= 0.3 is 6.18 Å². The SMILES string of the molecule is Nc1ncccc1-c1nc2ccc(-c3ccccc3)nc2n1-c1ccc(CNC(=O)c2cccc(-n3[nH]c(C(F)(F)F)cc3=O)c2)cc1. The van der Waals surface area contributed by atoms with Crippen LogP contribution >= 0.6 is 0 Å². The monoisotopic (exact) mass is 646 g/mol. The molecule has 4 heterocycles. The Kier molecular flexibility index (Phi) is 7.56. The molecule has 0 saturated carbocycles. The highest BCUT2D eigenvalue weighted by molar-refractivity contribution is 5.94. The first kappa shape index (κ1) is 30.2. The Hall–Kier alpha value is -6.50. The van der Waals surface area contributed by atoms with Crippen LogP contribution in [0.3, 0.4) is 0 Å². The van der Waals surface area contributed by atoms with Gasteiger partial charge in [-0.2, -0.15) is 13.2 Å². The fraction of sp³-hybridized carbons (Fsp3) is 0.0571. The summed E-state index contributed by atoms with van der Waals surface area (Å²) in [6, 6.07) is 31.0. The predicted octanol–water partition coefficient (Wildman–Crippen LogP) is 6.16. The van der Waals surface area contributed by atoms with Crippen molar-refractivity contribution in [2.45, 2.75) is 12.7 Å². The van der Waals surface area contributed by atoms with E-state index in [0.717, 1.165) is 27.2 Å². The molecule has 48 heavy (non-hydrogen) atoms. The van der Waals surface area contributed by atoms with E-state index in [1.807, 2.05) is 82.5 Å². The minimum Gasteiger partial charge on any atom is -0.383 e. The lowest BCUT2D eigenvalue weighted by Gasteiger charge is -2.12. The number of pyridine rings is 2. The van der Waals surface area contributed by atoms with Gasteiger partial charge in [0.15, 0.2) is 11.5 Å². The number of carbonyl (C=O) groups is 1. The zero-order chi connectivity index (χ0) is 33.4. The third kappa shape index (κ3) is 5.80. The number of aromatic amines is 1. The van der Waals surface area contributed by atoms with E-state index in [1.165, 1.54) is 24.3 Å². The molecule has 0 aliphatic rings. The molecule has 0 saturated heterocycles. The fourth-order valence-corrected chi connectivity index (χ4v) is 5.33. The highest BCUT2D eigenvalue weighted by atomic mass is 19.4. The molecule has 0 fully saturated rings. The average Bonchev–Trinajstić information content (AvgIpc) is 3.69. The molecule has 7 rings (SSSR count). The van der Waals surface area contributed by atoms with Gasteiger partial charge in [0.2, 0.25) is 0 Å². The number of hydrogen-bond donors (Lipinski definition) is 3. The van der Waals surface area contributed by atoms with Crippen LogP contribution in [0.15, 0.2) is 120 Å². The number of nitrogens with one attached hydrogen (secondary N) is 2. The van der Waals surface area contributed by atoms with Crippen LogP contribution in [0.5, 0.6) is 0 Å². The molecule has 0 radical (unpaired) electrons. The molecule has 7 aromatic rings. The fourth-order valence-electron chi connectivity index (χ4n) is 5.33. The second kappa shape index (κ2) is 12.0. The first-order chi connectivity index (χ1) is 23.2. The number of aromatic nitrogens is 6. The maximum atomic E-state index is 13.1. The molecule has 10 nitrogen and oxygen atoms in total. The molecule has 1 amide bonds. The Morgan fingerprint density at radius 1 is 0.854 bits per heavy atom. The van der Waals surface area contributed by atoms with Gasteiger partial charge in [-0.3, -0.25) is 19.3 Å². The van der Waals surface area contributed by atoms with E-state index in [-0.39, 0.29) is 17.8 Å². The Labute approximate surface area is 270 Å². The predicted molar refractivity (Wildman–Crippen MR) is 175 cm³/mol. The van der Waals surface area contributed by atoms with E-state index in [2.05, 4.69) is 10.3 Å². The zero-order valence-corrected chi connectivity index (χ0v) is 24.9. The lowest BCUT2D eigenvalue weighted by molar-refractivity contribution is -0.141. The summed E-state index contributed by atoms with van der Waals surface area (Å²) in [6.45, 7) is 0.160. The maximum Gasteiger partial charge on any atom is 0.432 e. The Bertz CT molecular complexity index is 2340. The van der Waals surface area contributed by atoms with Crippen molar-refractivity contribution in [2.24, 2.45) is 0 Å². The van der Waals surface area contributed by atoms with E-state index >= 15 is 0 Å². The van der Waals surface area contributed by atoms with Gasteiger partial charge in [0, 0.05) is 35.6 Å². The highest BCUT2D eigenvalue weighted by Gasteiger charge is 2.33. The normalized spacial score (nSPS) is 11.6. The number of rotatable bonds is 7. The minimum absolute atomic E-state index is 0.0918. The topological polar surface area (TPSA) is 137 Å². The van der Waals surface area contributed by atoms with Gasteiger partial charge < -0.3 is 11.1 Å². The number of anilines is 1. The lowest BCUT2D eigenvalue weighted by Crippen LogP contribution is -2.23. The summed E-state index contributed by atoms with van der Waals surface area (Å²) in [5, 5.41) is 4.86. The average molecular weight is 647 g/mol. The molecular weight excluding hydrogens is 621 g/mol. The van der Waals surface area contributed by atoms with E-state index in [9.17, 15) is 22.8 Å². The minimum atomic E-state index is -4.71. The molecule has 0 atom stereocenters. The quantitative estimate of drug-likeness (QED) is 0.190. The number of nitrogen functional groups attached to an aromatic ring is 1. The van der Waals surface area contributed by atoms with Crippen LogP contribution in [-0.2, 0) is 12.7 Å². The number of benzene rings is 3. The Morgan fingerprint density at radius 2 is 1.65 bits per heavy atom. The second-order valence-electron chi connectivity index (χ2n) is 10.9. The van der Waals surface area contributed by atoms with Crippen molar-refractivity contribution in [2.75, 3.05) is 5.73 Å². The maximum absolute atomic E-state index is 13.1. The molecule has 4 aromatic heterocycles. The van der Waals surface area contributed by atoms with Crippen LogP contribution in [0.25, 0.3) is 45.2 Å². The number of carbonyl (C=O) groups excluding carboxylic acids is 1. The second-order valence-corrected chi connectivity index (χ2v) is 10.9. The van der Waals surface area contributed by atoms with Crippen molar-refractivity contribution in [1.29, 1.82) is 0 Å². The van der Waals surface area contributed by atoms with Gasteiger partial charge in [-0.25, -0.2) is 19.6 Å². The summed E-state index contributed by atoms with van der Waals surface area (Å²) in [4.78, 5) is 39.3. The summed E-state index contributed by atoms with van der Waals surface area (Å²) in [6.07, 6.45) is -3.10. The summed E-state index contributed by atoms with van der Waals surface area (Å²) in [5.41, 5.74) is 9.65. The zero-order valence-electron chi connectivity index (χ0n) is 24.9. The summed E-state index contributed by atoms with van der Waals surface area (Å²) in [5.74, 6) is 0.421. The number of amides is 1. The van der Waals surface area contributed by atoms with Gasteiger partial charge in [0.05, 0.1) is 16.9 Å². The van der Waals surface area contributed by atoms with Gasteiger partial charge in [0.1, 0.15) is 17.0 Å². The van der Waals surface area contributed by atoms with Crippen LogP contribution in [0.2, 0.25) is 0 Å². The van der Waals surface area contributed by atoms with Crippen LogP contribution in [0.4, 0.5) is 19.0 Å². The largest absolute Gasteiger partial charge is 0.432 e. The van der Waals surface area contributed by atoms with Crippen LogP contribution in [0.1, 0.15) is 21.6 Å². The van der Waals surface area contributed by atoms with Gasteiger partial charge in [-0.05, 0) is 60.2 Å². The van der Waals surface area contributed by atoms with Crippen LogP contribution in [-0.4, -0.2) is 35.2 Å². The molecule has 13 heteroatoms. The van der Waals surface area contributed by atoms with Gasteiger partial charge in [0.25, 0.3) is 11.5 Å². The van der Waals surface area contributed by atoms with E-state index in [4.69, 9.17) is 15.7 Å². The highest BCUT2D eigenvalue weighted by Crippen LogP contribution is 2.32. The first-order valence-electron chi connectivity index (χ1n) is 14.7. The number of H-pyrrole nitrogens is 1. The number of imidazole rings is 1. The van der Waals surface area contributed by atoms with Gasteiger partial charge in [-0.15, -0.1) is 0 Å². The van der Waals surface area contributed by atoms with Crippen LogP contribution in [0, 0.1) is 0 Å². The number of hydrogen-bond acceptors (Lipinski definition) is 6. The third-order valence-corrected chi connectivity index (χ3v) is 7.69. The molecule has 238 valence electrons. The number of alkyl halides is 3. The molecule has 0 aliphatic carbocycles. The molecule has 0 spiro atoms. The van der Waals surface area contributed by atoms with Crippen LogP contribution < -0.4 is 16.6 Å². The molecular formula is C35H25F3N8O2. The third-order valence-electron chi connectivity index (χ3n) is 7.69. The molecule has 3 aromatic carbocycles. The first-order valence-corrected chi connectivity index (χ1v) is 14.7. The van der Waals surface area contributed by atoms with Crippen molar-refractivity contribution >= 4 is 22.9 Å². The van der Waals surface area contributed by atoms with E-state index in [1.54, 1.807) is 12.3 Å². The molecule has 0 aliphatic heterocycles. The summed E-state index contributed by atoms with van der Waals surface area (Å²) in [7, 11) is 0. The van der Waals surface area contributed by atoms with E-state index < -0.39 is 23.3 Å². The van der Waals surface area contributed by atoms with Gasteiger partial charge in [-0.1, -0.05) is 48.5 Å². The van der Waals surface area contributed by atoms with Crippen molar-refractivity contribution in [3.8, 4) is 34.0 Å².